The number of nitrogens with zero attached hydrogens (tertiary/aromatic N) is 2. The van der Waals surface area contributed by atoms with Gasteiger partial charge in [0.15, 0.2) is 5.82 Å². The zero-order valence-corrected chi connectivity index (χ0v) is 11.1. The van der Waals surface area contributed by atoms with Crippen LogP contribution >= 0.6 is 0 Å². The van der Waals surface area contributed by atoms with E-state index in [1.54, 1.807) is 6.92 Å². The fraction of sp³-hybridized carbons (Fsp3) is 0.667. The van der Waals surface area contributed by atoms with Gasteiger partial charge in [-0.3, -0.25) is 9.59 Å². The van der Waals surface area contributed by atoms with Crippen molar-refractivity contribution in [3.8, 4) is 0 Å². The van der Waals surface area contributed by atoms with Gasteiger partial charge in [-0.05, 0) is 19.3 Å². The number of carboxylic acid groups (broad SMARTS) is 1. The predicted molar refractivity (Wildman–Crippen MR) is 64.0 cm³/mol. The summed E-state index contributed by atoms with van der Waals surface area (Å²) in [6.07, 6.45) is 0.398. The van der Waals surface area contributed by atoms with Gasteiger partial charge in [-0.2, -0.15) is 4.98 Å². The summed E-state index contributed by atoms with van der Waals surface area (Å²) in [4.78, 5) is 26.8. The van der Waals surface area contributed by atoms with Crippen LogP contribution in [-0.2, 0) is 9.59 Å². The van der Waals surface area contributed by atoms with Gasteiger partial charge in [0.1, 0.15) is 6.04 Å². The Morgan fingerprint density at radius 3 is 2.53 bits per heavy atom. The highest BCUT2D eigenvalue weighted by molar-refractivity contribution is 5.89. The second kappa shape index (κ2) is 4.99. The first-order valence-corrected chi connectivity index (χ1v) is 6.23. The average molecular weight is 267 g/mol. The Bertz CT molecular complexity index is 497. The molecule has 7 heteroatoms. The molecule has 0 radical (unpaired) electrons. The second-order valence-corrected chi connectivity index (χ2v) is 5.20. The molecule has 1 aromatic rings. The first-order chi connectivity index (χ1) is 8.90. The van der Waals surface area contributed by atoms with Crippen LogP contribution in [0.25, 0.3) is 0 Å². The van der Waals surface area contributed by atoms with E-state index in [0.717, 1.165) is 0 Å². The SMILES string of the molecule is Cc1noc(C(NC(=O)C2CC2C(=O)O)C(C)C)n1. The lowest BCUT2D eigenvalue weighted by Gasteiger charge is -2.18. The molecule has 1 aromatic heterocycles. The highest BCUT2D eigenvalue weighted by atomic mass is 16.5. The normalized spacial score (nSPS) is 23.2. The first-order valence-electron chi connectivity index (χ1n) is 6.23. The number of hydrogen-bond donors (Lipinski definition) is 2. The van der Waals surface area contributed by atoms with Crippen LogP contribution < -0.4 is 5.32 Å². The molecule has 1 fully saturated rings. The summed E-state index contributed by atoms with van der Waals surface area (Å²) in [6.45, 7) is 5.55. The minimum atomic E-state index is -0.921. The Hall–Kier alpha value is -1.92. The Morgan fingerprint density at radius 2 is 2.11 bits per heavy atom. The van der Waals surface area contributed by atoms with Crippen molar-refractivity contribution < 1.29 is 19.2 Å². The molecule has 0 spiro atoms. The fourth-order valence-electron chi connectivity index (χ4n) is 1.97. The Kier molecular flexibility index (Phi) is 3.55. The molecule has 0 aromatic carbocycles. The third kappa shape index (κ3) is 2.91. The van der Waals surface area contributed by atoms with E-state index >= 15 is 0 Å². The van der Waals surface area contributed by atoms with E-state index in [2.05, 4.69) is 15.5 Å². The fourth-order valence-corrected chi connectivity index (χ4v) is 1.97. The molecule has 1 heterocycles. The second-order valence-electron chi connectivity index (χ2n) is 5.20. The minimum absolute atomic E-state index is 0.0748. The van der Waals surface area contributed by atoms with Crippen molar-refractivity contribution in [1.29, 1.82) is 0 Å². The van der Waals surface area contributed by atoms with E-state index in [0.29, 0.717) is 18.1 Å². The quantitative estimate of drug-likeness (QED) is 0.821. The third-order valence-corrected chi connectivity index (χ3v) is 3.22. The van der Waals surface area contributed by atoms with Crippen molar-refractivity contribution in [2.75, 3.05) is 0 Å². The number of aryl methyl sites for hydroxylation is 1. The van der Waals surface area contributed by atoms with E-state index in [-0.39, 0.29) is 17.9 Å². The zero-order chi connectivity index (χ0) is 14.2. The number of aromatic nitrogens is 2. The molecule has 3 unspecified atom stereocenters. The maximum Gasteiger partial charge on any atom is 0.307 e. The lowest BCUT2D eigenvalue weighted by molar-refractivity contribution is -0.140. The lowest BCUT2D eigenvalue weighted by Crippen LogP contribution is -2.33. The van der Waals surface area contributed by atoms with E-state index in [9.17, 15) is 9.59 Å². The van der Waals surface area contributed by atoms with Crippen LogP contribution in [0.5, 0.6) is 0 Å². The van der Waals surface area contributed by atoms with Gasteiger partial charge in [0.05, 0.1) is 11.8 Å². The molecular weight excluding hydrogens is 250 g/mol. The van der Waals surface area contributed by atoms with Gasteiger partial charge >= 0.3 is 5.97 Å². The summed E-state index contributed by atoms with van der Waals surface area (Å²) in [5.74, 6) is -1.25. The van der Waals surface area contributed by atoms with Crippen LogP contribution in [0, 0.1) is 24.7 Å². The standard InChI is InChI=1S/C12H17N3O4/c1-5(2)9(11-13-6(3)15-19-11)14-10(16)7-4-8(7)12(17)18/h5,7-9H,4H2,1-3H3,(H,14,16)(H,17,18). The van der Waals surface area contributed by atoms with Crippen LogP contribution in [0.3, 0.4) is 0 Å². The van der Waals surface area contributed by atoms with Crippen LogP contribution in [0.15, 0.2) is 4.52 Å². The molecule has 2 rings (SSSR count). The van der Waals surface area contributed by atoms with Gasteiger partial charge in [0, 0.05) is 0 Å². The van der Waals surface area contributed by atoms with Gasteiger partial charge in [-0.25, -0.2) is 0 Å². The molecule has 3 atom stereocenters. The summed E-state index contributed by atoms with van der Waals surface area (Å²) in [7, 11) is 0. The van der Waals surface area contributed by atoms with Crippen LogP contribution in [0.1, 0.15) is 38.0 Å². The summed E-state index contributed by atoms with van der Waals surface area (Å²) in [6, 6.07) is -0.385. The maximum absolute atomic E-state index is 12.0. The Morgan fingerprint density at radius 1 is 1.42 bits per heavy atom. The monoisotopic (exact) mass is 267 g/mol. The number of hydrogen-bond acceptors (Lipinski definition) is 5. The molecule has 1 saturated carbocycles. The van der Waals surface area contributed by atoms with Gasteiger partial charge in [-0.1, -0.05) is 19.0 Å². The summed E-state index contributed by atoms with van der Waals surface area (Å²) in [5, 5.41) is 15.3. The van der Waals surface area contributed by atoms with Gasteiger partial charge in [0.25, 0.3) is 0 Å². The number of rotatable bonds is 5. The maximum atomic E-state index is 12.0. The average Bonchev–Trinajstić information content (AvgIpc) is 3.02. The van der Waals surface area contributed by atoms with E-state index in [1.807, 2.05) is 13.8 Å². The van der Waals surface area contributed by atoms with Crippen molar-refractivity contribution in [3.63, 3.8) is 0 Å². The largest absolute Gasteiger partial charge is 0.481 e. The third-order valence-electron chi connectivity index (χ3n) is 3.22. The van der Waals surface area contributed by atoms with Crippen molar-refractivity contribution in [3.05, 3.63) is 11.7 Å². The Balaban J connectivity index is 2.02. The molecule has 104 valence electrons. The number of amides is 1. The van der Waals surface area contributed by atoms with Gasteiger partial charge in [0.2, 0.25) is 11.8 Å². The molecule has 0 saturated heterocycles. The summed E-state index contributed by atoms with van der Waals surface area (Å²) < 4.78 is 5.07. The summed E-state index contributed by atoms with van der Waals surface area (Å²) >= 11 is 0. The van der Waals surface area contributed by atoms with E-state index < -0.39 is 17.8 Å². The summed E-state index contributed by atoms with van der Waals surface area (Å²) in [5.41, 5.74) is 0. The van der Waals surface area contributed by atoms with Crippen molar-refractivity contribution in [2.24, 2.45) is 17.8 Å². The lowest BCUT2D eigenvalue weighted by atomic mass is 10.0. The smallest absolute Gasteiger partial charge is 0.307 e. The molecule has 7 nitrogen and oxygen atoms in total. The number of carbonyl (C=O) groups excluding carboxylic acids is 1. The Labute approximate surface area is 110 Å². The van der Waals surface area contributed by atoms with Crippen molar-refractivity contribution in [1.82, 2.24) is 15.5 Å². The molecule has 0 bridgehead atoms. The number of carbonyl (C=O) groups is 2. The van der Waals surface area contributed by atoms with Crippen LogP contribution in [-0.4, -0.2) is 27.1 Å². The molecular formula is C12H17N3O4. The van der Waals surface area contributed by atoms with Crippen LogP contribution in [0.2, 0.25) is 0 Å². The van der Waals surface area contributed by atoms with Crippen LogP contribution in [0.4, 0.5) is 0 Å². The predicted octanol–water partition coefficient (Wildman–Crippen LogP) is 0.912. The van der Waals surface area contributed by atoms with Gasteiger partial charge in [-0.15, -0.1) is 0 Å². The topological polar surface area (TPSA) is 105 Å². The molecule has 1 aliphatic rings. The van der Waals surface area contributed by atoms with E-state index in [4.69, 9.17) is 9.63 Å². The highest BCUT2D eigenvalue weighted by Gasteiger charge is 2.49. The van der Waals surface area contributed by atoms with E-state index in [1.165, 1.54) is 0 Å². The molecule has 19 heavy (non-hydrogen) atoms. The molecule has 1 amide bonds. The van der Waals surface area contributed by atoms with Crippen molar-refractivity contribution in [2.45, 2.75) is 33.2 Å². The molecule has 0 aliphatic heterocycles. The minimum Gasteiger partial charge on any atom is -0.481 e. The molecule has 1 aliphatic carbocycles. The molecule has 2 N–H and O–H groups in total. The number of nitrogens with one attached hydrogen (secondary N) is 1. The zero-order valence-electron chi connectivity index (χ0n) is 11.1. The van der Waals surface area contributed by atoms with Crippen molar-refractivity contribution >= 4 is 11.9 Å². The highest BCUT2D eigenvalue weighted by Crippen LogP contribution is 2.39. The van der Waals surface area contributed by atoms with Gasteiger partial charge < -0.3 is 14.9 Å². The first kappa shape index (κ1) is 13.5. The number of carboxylic acids is 1. The number of aliphatic carboxylic acids is 1.